The summed E-state index contributed by atoms with van der Waals surface area (Å²) in [6.07, 6.45) is 2.91. The lowest BCUT2D eigenvalue weighted by Gasteiger charge is -2.17. The number of hydrogen-bond acceptors (Lipinski definition) is 3. The molecule has 4 nitrogen and oxygen atoms in total. The molecule has 21 heavy (non-hydrogen) atoms. The minimum Gasteiger partial charge on any atom is -0.493 e. The number of benzene rings is 1. The summed E-state index contributed by atoms with van der Waals surface area (Å²) in [5.74, 6) is 1.62. The Balaban J connectivity index is 1.96. The van der Waals surface area contributed by atoms with Gasteiger partial charge in [-0.05, 0) is 49.3 Å². The molecule has 2 N–H and O–H groups in total. The standard InChI is InChI=1S/C17H25NO3/c1-12(2)11-21-15-5-3-4-14(10-15)17(20)18-16(8-9-19)13-6-7-13/h3-5,10,12-13,16,19H,6-9,11H2,1-2H3,(H,18,20). The summed E-state index contributed by atoms with van der Waals surface area (Å²) < 4.78 is 5.65. The number of amides is 1. The smallest absolute Gasteiger partial charge is 0.251 e. The molecular formula is C17H25NO3. The average Bonchev–Trinajstić information content (AvgIpc) is 3.29. The van der Waals surface area contributed by atoms with Gasteiger partial charge < -0.3 is 15.2 Å². The first kappa shape index (κ1) is 15.8. The summed E-state index contributed by atoms with van der Waals surface area (Å²) in [6.45, 7) is 4.93. The largest absolute Gasteiger partial charge is 0.493 e. The van der Waals surface area contributed by atoms with Gasteiger partial charge in [-0.3, -0.25) is 4.79 Å². The predicted molar refractivity (Wildman–Crippen MR) is 82.5 cm³/mol. The Bertz CT molecular complexity index is 469. The quantitative estimate of drug-likeness (QED) is 0.774. The van der Waals surface area contributed by atoms with Crippen molar-refractivity contribution in [3.8, 4) is 5.75 Å². The second-order valence-corrected chi connectivity index (χ2v) is 6.16. The fraction of sp³-hybridized carbons (Fsp3) is 0.588. The number of rotatable bonds is 8. The van der Waals surface area contributed by atoms with E-state index in [2.05, 4.69) is 19.2 Å². The molecule has 0 saturated heterocycles. The summed E-state index contributed by atoms with van der Waals surface area (Å²) in [5, 5.41) is 12.1. The molecule has 0 spiro atoms. The van der Waals surface area contributed by atoms with Crippen LogP contribution in [-0.2, 0) is 0 Å². The highest BCUT2D eigenvalue weighted by Crippen LogP contribution is 2.34. The number of aliphatic hydroxyl groups excluding tert-OH is 1. The van der Waals surface area contributed by atoms with E-state index in [1.807, 2.05) is 12.1 Å². The predicted octanol–water partition coefficient (Wildman–Crippen LogP) is 2.61. The topological polar surface area (TPSA) is 58.6 Å². The molecule has 4 heteroatoms. The van der Waals surface area contributed by atoms with Crippen LogP contribution in [0.3, 0.4) is 0 Å². The Kier molecular flexibility index (Phi) is 5.62. The normalized spacial score (nSPS) is 15.8. The Morgan fingerprint density at radius 1 is 1.43 bits per heavy atom. The number of carbonyl (C=O) groups is 1. The molecule has 0 radical (unpaired) electrons. The van der Waals surface area contributed by atoms with Crippen LogP contribution < -0.4 is 10.1 Å². The second kappa shape index (κ2) is 7.46. The van der Waals surface area contributed by atoms with Crippen molar-refractivity contribution in [2.45, 2.75) is 39.2 Å². The van der Waals surface area contributed by atoms with Gasteiger partial charge >= 0.3 is 0 Å². The van der Waals surface area contributed by atoms with Gasteiger partial charge in [-0.2, -0.15) is 0 Å². The SMILES string of the molecule is CC(C)COc1cccc(C(=O)NC(CCO)C2CC2)c1. The zero-order valence-electron chi connectivity index (χ0n) is 12.8. The van der Waals surface area contributed by atoms with Crippen LogP contribution in [0.1, 0.15) is 43.5 Å². The van der Waals surface area contributed by atoms with Gasteiger partial charge in [0.05, 0.1) is 6.61 Å². The minimum atomic E-state index is -0.0876. The molecule has 1 unspecified atom stereocenters. The van der Waals surface area contributed by atoms with Crippen molar-refractivity contribution in [2.75, 3.05) is 13.2 Å². The van der Waals surface area contributed by atoms with E-state index < -0.39 is 0 Å². The van der Waals surface area contributed by atoms with E-state index >= 15 is 0 Å². The lowest BCUT2D eigenvalue weighted by Crippen LogP contribution is -2.37. The summed E-state index contributed by atoms with van der Waals surface area (Å²) in [6, 6.07) is 7.36. The van der Waals surface area contributed by atoms with E-state index in [4.69, 9.17) is 9.84 Å². The van der Waals surface area contributed by atoms with Crippen molar-refractivity contribution < 1.29 is 14.6 Å². The maximum Gasteiger partial charge on any atom is 0.251 e. The minimum absolute atomic E-state index is 0.0859. The number of carbonyl (C=O) groups excluding carboxylic acids is 1. The number of nitrogens with one attached hydrogen (secondary N) is 1. The van der Waals surface area contributed by atoms with Crippen LogP contribution in [0.25, 0.3) is 0 Å². The maximum atomic E-state index is 12.3. The highest BCUT2D eigenvalue weighted by atomic mass is 16.5. The van der Waals surface area contributed by atoms with Crippen molar-refractivity contribution in [2.24, 2.45) is 11.8 Å². The van der Waals surface area contributed by atoms with E-state index in [0.29, 0.717) is 30.4 Å². The molecule has 116 valence electrons. The molecule has 2 rings (SSSR count). The van der Waals surface area contributed by atoms with Crippen LogP contribution in [0.2, 0.25) is 0 Å². The van der Waals surface area contributed by atoms with Gasteiger partial charge in [0, 0.05) is 18.2 Å². The number of ether oxygens (including phenoxy) is 1. The molecule has 1 amide bonds. The van der Waals surface area contributed by atoms with E-state index in [-0.39, 0.29) is 18.6 Å². The third-order valence-electron chi connectivity index (χ3n) is 3.63. The third kappa shape index (κ3) is 5.05. The molecule has 1 atom stereocenters. The summed E-state index contributed by atoms with van der Waals surface area (Å²) in [7, 11) is 0. The molecule has 0 aromatic heterocycles. The monoisotopic (exact) mass is 291 g/mol. The highest BCUT2D eigenvalue weighted by Gasteiger charge is 2.31. The second-order valence-electron chi connectivity index (χ2n) is 6.16. The molecule has 0 heterocycles. The van der Waals surface area contributed by atoms with Gasteiger partial charge in [0.1, 0.15) is 5.75 Å². The van der Waals surface area contributed by atoms with E-state index in [0.717, 1.165) is 18.6 Å². The first-order chi connectivity index (χ1) is 10.1. The van der Waals surface area contributed by atoms with E-state index in [9.17, 15) is 4.79 Å². The van der Waals surface area contributed by atoms with E-state index in [1.54, 1.807) is 12.1 Å². The third-order valence-corrected chi connectivity index (χ3v) is 3.63. The van der Waals surface area contributed by atoms with Crippen LogP contribution in [0.15, 0.2) is 24.3 Å². The first-order valence-electron chi connectivity index (χ1n) is 7.74. The Hall–Kier alpha value is -1.55. The summed E-state index contributed by atoms with van der Waals surface area (Å²) in [5.41, 5.74) is 0.611. The van der Waals surface area contributed by atoms with Crippen LogP contribution in [0.4, 0.5) is 0 Å². The molecule has 1 aromatic rings. The average molecular weight is 291 g/mol. The lowest BCUT2D eigenvalue weighted by atomic mass is 10.1. The fourth-order valence-corrected chi connectivity index (χ4v) is 2.31. The lowest BCUT2D eigenvalue weighted by molar-refractivity contribution is 0.0923. The molecule has 1 aliphatic carbocycles. The van der Waals surface area contributed by atoms with Gasteiger partial charge in [-0.15, -0.1) is 0 Å². The highest BCUT2D eigenvalue weighted by molar-refractivity contribution is 5.94. The fourth-order valence-electron chi connectivity index (χ4n) is 2.31. The van der Waals surface area contributed by atoms with E-state index in [1.165, 1.54) is 0 Å². The Morgan fingerprint density at radius 3 is 2.81 bits per heavy atom. The Labute approximate surface area is 126 Å². The van der Waals surface area contributed by atoms with Crippen LogP contribution in [0, 0.1) is 11.8 Å². The molecule has 1 saturated carbocycles. The maximum absolute atomic E-state index is 12.3. The molecule has 1 aromatic carbocycles. The first-order valence-corrected chi connectivity index (χ1v) is 7.74. The van der Waals surface area contributed by atoms with Crippen LogP contribution >= 0.6 is 0 Å². The van der Waals surface area contributed by atoms with Crippen molar-refractivity contribution in [3.63, 3.8) is 0 Å². The zero-order chi connectivity index (χ0) is 15.2. The van der Waals surface area contributed by atoms with Gasteiger partial charge in [0.25, 0.3) is 5.91 Å². The number of hydrogen-bond donors (Lipinski definition) is 2. The molecule has 1 aliphatic rings. The van der Waals surface area contributed by atoms with Gasteiger partial charge in [-0.25, -0.2) is 0 Å². The van der Waals surface area contributed by atoms with Gasteiger partial charge in [0.15, 0.2) is 0 Å². The summed E-state index contributed by atoms with van der Waals surface area (Å²) in [4.78, 5) is 12.3. The molecular weight excluding hydrogens is 266 g/mol. The Morgan fingerprint density at radius 2 is 2.19 bits per heavy atom. The van der Waals surface area contributed by atoms with Crippen molar-refractivity contribution in [1.29, 1.82) is 0 Å². The van der Waals surface area contributed by atoms with Gasteiger partial charge in [-0.1, -0.05) is 19.9 Å². The molecule has 0 bridgehead atoms. The summed E-state index contributed by atoms with van der Waals surface area (Å²) >= 11 is 0. The van der Waals surface area contributed by atoms with Crippen LogP contribution in [0.5, 0.6) is 5.75 Å². The molecule has 0 aliphatic heterocycles. The number of aliphatic hydroxyl groups is 1. The van der Waals surface area contributed by atoms with Crippen LogP contribution in [-0.4, -0.2) is 30.3 Å². The van der Waals surface area contributed by atoms with Crippen molar-refractivity contribution >= 4 is 5.91 Å². The zero-order valence-corrected chi connectivity index (χ0v) is 12.8. The van der Waals surface area contributed by atoms with Crippen molar-refractivity contribution in [3.05, 3.63) is 29.8 Å². The van der Waals surface area contributed by atoms with Crippen molar-refractivity contribution in [1.82, 2.24) is 5.32 Å². The molecule has 1 fully saturated rings. The van der Waals surface area contributed by atoms with Gasteiger partial charge in [0.2, 0.25) is 0 Å².